The predicted molar refractivity (Wildman–Crippen MR) is 70.6 cm³/mol. The van der Waals surface area contributed by atoms with E-state index in [2.05, 4.69) is 4.99 Å². The number of amides is 1. The zero-order valence-corrected chi connectivity index (χ0v) is 11.9. The molecule has 0 aromatic rings. The van der Waals surface area contributed by atoms with Crippen molar-refractivity contribution >= 4 is 12.2 Å². The molecule has 0 radical (unpaired) electrons. The van der Waals surface area contributed by atoms with Crippen molar-refractivity contribution in [2.45, 2.75) is 76.6 Å². The van der Waals surface area contributed by atoms with Crippen LogP contribution in [0.25, 0.3) is 0 Å². The molecule has 3 unspecified atom stereocenters. The van der Waals surface area contributed by atoms with Gasteiger partial charge >= 0.3 is 6.09 Å². The molecule has 2 aliphatic rings. The van der Waals surface area contributed by atoms with E-state index in [9.17, 15) is 9.59 Å². The first-order valence-corrected chi connectivity index (χ1v) is 7.00. The molecule has 0 aromatic heterocycles. The third kappa shape index (κ3) is 3.16. The van der Waals surface area contributed by atoms with E-state index in [-0.39, 0.29) is 24.2 Å². The van der Waals surface area contributed by atoms with Crippen LogP contribution >= 0.6 is 0 Å². The third-order valence-electron chi connectivity index (χ3n) is 3.85. The molecule has 2 fully saturated rings. The van der Waals surface area contributed by atoms with Crippen LogP contribution in [0, 0.1) is 0 Å². The average Bonchev–Trinajstić information content (AvgIpc) is 2.30. The van der Waals surface area contributed by atoms with Crippen molar-refractivity contribution in [2.24, 2.45) is 4.99 Å². The van der Waals surface area contributed by atoms with Crippen LogP contribution in [0.1, 0.15) is 52.9 Å². The first kappa shape index (κ1) is 14.1. The Labute approximate surface area is 114 Å². The minimum atomic E-state index is -0.494. The Hall–Kier alpha value is -1.35. The van der Waals surface area contributed by atoms with Crippen LogP contribution in [0.4, 0.5) is 4.79 Å². The monoisotopic (exact) mass is 266 g/mol. The largest absolute Gasteiger partial charge is 0.444 e. The zero-order valence-electron chi connectivity index (χ0n) is 11.9. The van der Waals surface area contributed by atoms with Gasteiger partial charge in [-0.25, -0.2) is 14.6 Å². The Balaban J connectivity index is 2.17. The van der Waals surface area contributed by atoms with Crippen molar-refractivity contribution < 1.29 is 14.3 Å². The van der Waals surface area contributed by atoms with Crippen LogP contribution in [-0.2, 0) is 9.53 Å². The summed E-state index contributed by atoms with van der Waals surface area (Å²) in [5, 5.41) is 0. The number of fused-ring (bicyclic) bond motifs is 2. The quantitative estimate of drug-likeness (QED) is 0.541. The summed E-state index contributed by atoms with van der Waals surface area (Å²) in [6.45, 7) is 5.60. The molecule has 0 aliphatic carbocycles. The lowest BCUT2D eigenvalue weighted by Gasteiger charge is -2.48. The molecule has 2 rings (SSSR count). The summed E-state index contributed by atoms with van der Waals surface area (Å²) < 4.78 is 5.49. The zero-order chi connectivity index (χ0) is 14.0. The molecule has 19 heavy (non-hydrogen) atoms. The number of carbonyl (C=O) groups is 1. The summed E-state index contributed by atoms with van der Waals surface area (Å²) in [6, 6.07) is 0.136. The van der Waals surface area contributed by atoms with Gasteiger partial charge in [0.25, 0.3) is 0 Å². The number of aliphatic imine (C=N–C) groups is 1. The van der Waals surface area contributed by atoms with Crippen LogP contribution in [-0.4, -0.2) is 40.8 Å². The maximum Gasteiger partial charge on any atom is 0.410 e. The normalized spacial score (nSPS) is 30.5. The number of carbonyl (C=O) groups excluding carboxylic acids is 2. The van der Waals surface area contributed by atoms with Gasteiger partial charge in [-0.1, -0.05) is 0 Å². The second kappa shape index (κ2) is 5.33. The van der Waals surface area contributed by atoms with E-state index in [0.717, 1.165) is 32.1 Å². The lowest BCUT2D eigenvalue weighted by Crippen LogP contribution is -2.58. The first-order valence-electron chi connectivity index (χ1n) is 7.00. The van der Waals surface area contributed by atoms with Gasteiger partial charge in [-0.2, -0.15) is 0 Å². The minimum Gasteiger partial charge on any atom is -0.444 e. The van der Waals surface area contributed by atoms with Crippen molar-refractivity contribution in [3.63, 3.8) is 0 Å². The highest BCUT2D eigenvalue weighted by Gasteiger charge is 2.44. The fourth-order valence-corrected chi connectivity index (χ4v) is 3.15. The van der Waals surface area contributed by atoms with E-state index in [0.29, 0.717) is 0 Å². The van der Waals surface area contributed by atoms with E-state index in [1.807, 2.05) is 25.7 Å². The number of piperidine rings is 2. The first-order chi connectivity index (χ1) is 8.92. The van der Waals surface area contributed by atoms with Gasteiger partial charge in [0.2, 0.25) is 6.08 Å². The molecular formula is C14H22N2O3. The van der Waals surface area contributed by atoms with Gasteiger partial charge in [0, 0.05) is 6.04 Å². The summed E-state index contributed by atoms with van der Waals surface area (Å²) >= 11 is 0. The second-order valence-electron chi connectivity index (χ2n) is 6.40. The van der Waals surface area contributed by atoms with E-state index < -0.39 is 5.60 Å². The van der Waals surface area contributed by atoms with Crippen LogP contribution in [0.15, 0.2) is 4.99 Å². The fraction of sp³-hybridized carbons (Fsp3) is 0.857. The van der Waals surface area contributed by atoms with Crippen LogP contribution in [0.3, 0.4) is 0 Å². The lowest BCUT2D eigenvalue weighted by atomic mass is 9.82. The summed E-state index contributed by atoms with van der Waals surface area (Å²) in [5.41, 5.74) is -0.494. The van der Waals surface area contributed by atoms with Gasteiger partial charge in [-0.05, 0) is 52.9 Å². The van der Waals surface area contributed by atoms with E-state index >= 15 is 0 Å². The highest BCUT2D eigenvalue weighted by atomic mass is 16.6. The molecular weight excluding hydrogens is 244 g/mol. The average molecular weight is 266 g/mol. The Kier molecular flexibility index (Phi) is 3.95. The molecule has 0 spiro atoms. The van der Waals surface area contributed by atoms with Crippen molar-refractivity contribution in [3.05, 3.63) is 0 Å². The number of hydrogen-bond acceptors (Lipinski definition) is 4. The molecule has 106 valence electrons. The Morgan fingerprint density at radius 3 is 2.63 bits per heavy atom. The molecule has 3 atom stereocenters. The molecule has 1 amide bonds. The standard InChI is InChI=1S/C14H22N2O3/c1-14(2,3)19-13(18)16-10-5-4-6-12(16)11(8-7-10)15-9-17/h10-12H,4-8H2,1-3H3. The van der Waals surface area contributed by atoms with Gasteiger partial charge in [0.05, 0.1) is 12.1 Å². The molecule has 0 aromatic carbocycles. The van der Waals surface area contributed by atoms with Crippen molar-refractivity contribution in [2.75, 3.05) is 0 Å². The maximum atomic E-state index is 12.3. The Morgan fingerprint density at radius 1 is 1.26 bits per heavy atom. The smallest absolute Gasteiger partial charge is 0.410 e. The van der Waals surface area contributed by atoms with Crippen molar-refractivity contribution in [1.82, 2.24) is 4.90 Å². The number of hydrogen-bond donors (Lipinski definition) is 0. The maximum absolute atomic E-state index is 12.3. The topological polar surface area (TPSA) is 59.0 Å². The molecule has 5 nitrogen and oxygen atoms in total. The second-order valence-corrected chi connectivity index (χ2v) is 6.40. The molecule has 2 heterocycles. The van der Waals surface area contributed by atoms with Crippen LogP contribution < -0.4 is 0 Å². The number of isocyanates is 1. The number of nitrogens with zero attached hydrogens (tertiary/aromatic N) is 2. The molecule has 0 saturated carbocycles. The van der Waals surface area contributed by atoms with Gasteiger partial charge in [-0.3, -0.25) is 0 Å². The third-order valence-corrected chi connectivity index (χ3v) is 3.85. The van der Waals surface area contributed by atoms with Gasteiger partial charge in [-0.15, -0.1) is 0 Å². The molecule has 0 N–H and O–H groups in total. The van der Waals surface area contributed by atoms with E-state index in [1.165, 1.54) is 0 Å². The molecule has 2 bridgehead atoms. The Morgan fingerprint density at radius 2 is 2.00 bits per heavy atom. The van der Waals surface area contributed by atoms with E-state index in [1.54, 1.807) is 6.08 Å². The van der Waals surface area contributed by atoms with Crippen LogP contribution in [0.2, 0.25) is 0 Å². The van der Waals surface area contributed by atoms with Gasteiger partial charge in [0.1, 0.15) is 5.60 Å². The lowest BCUT2D eigenvalue weighted by molar-refractivity contribution is -0.0227. The summed E-state index contributed by atoms with van der Waals surface area (Å²) in [5.74, 6) is 0. The van der Waals surface area contributed by atoms with Gasteiger partial charge < -0.3 is 9.64 Å². The number of rotatable bonds is 1. The van der Waals surface area contributed by atoms with Crippen molar-refractivity contribution in [1.29, 1.82) is 0 Å². The van der Waals surface area contributed by atoms with E-state index in [4.69, 9.17) is 4.74 Å². The van der Waals surface area contributed by atoms with Crippen LogP contribution in [0.5, 0.6) is 0 Å². The van der Waals surface area contributed by atoms with Gasteiger partial charge in [0.15, 0.2) is 0 Å². The predicted octanol–water partition coefficient (Wildman–Crippen LogP) is 2.64. The summed E-state index contributed by atoms with van der Waals surface area (Å²) in [7, 11) is 0. The highest BCUT2D eigenvalue weighted by Crippen LogP contribution is 2.36. The molecule has 5 heteroatoms. The SMILES string of the molecule is CC(C)(C)OC(=O)N1C2CCCC1C(N=C=O)CC2. The summed E-state index contributed by atoms with van der Waals surface area (Å²) in [4.78, 5) is 28.6. The Bertz CT molecular complexity index is 396. The number of ether oxygens (including phenoxy) is 1. The van der Waals surface area contributed by atoms with Crippen molar-refractivity contribution in [3.8, 4) is 0 Å². The molecule has 2 saturated heterocycles. The fourth-order valence-electron chi connectivity index (χ4n) is 3.15. The molecule has 2 aliphatic heterocycles. The highest BCUT2D eigenvalue weighted by molar-refractivity contribution is 5.69. The summed E-state index contributed by atoms with van der Waals surface area (Å²) in [6.07, 6.45) is 6.13. The minimum absolute atomic E-state index is 0.00352.